The van der Waals surface area contributed by atoms with Crippen LogP contribution in [0.1, 0.15) is 50.4 Å². The van der Waals surface area contributed by atoms with Gasteiger partial charge in [0.1, 0.15) is 17.4 Å². The molecular weight excluding hydrogens is 543 g/mol. The van der Waals surface area contributed by atoms with E-state index in [1.807, 2.05) is 0 Å². The highest BCUT2D eigenvalue weighted by atomic mass is 35.5. The standard InChI is InChI=1S/C24H18Cl2F4N2O5/c1-9(6-33)20(34)15-11(2-3-13-16(15)22(35)36-23(13)7-31-8-23)19-17(24(28,29)30)21(37-32-19)12-4-10(25)5-14(26)18(12)27/h2-5,9,17,21,31,33H,6-8H2,1H3. The number of esters is 1. The Labute approximate surface area is 217 Å². The van der Waals surface area contributed by atoms with Gasteiger partial charge in [0.15, 0.2) is 17.5 Å². The summed E-state index contributed by atoms with van der Waals surface area (Å²) in [5, 5.41) is 15.6. The molecule has 0 bridgehead atoms. The summed E-state index contributed by atoms with van der Waals surface area (Å²) in [7, 11) is 0. The van der Waals surface area contributed by atoms with Crippen molar-refractivity contribution >= 4 is 40.7 Å². The summed E-state index contributed by atoms with van der Waals surface area (Å²) < 4.78 is 63.8. The van der Waals surface area contributed by atoms with Gasteiger partial charge in [-0.1, -0.05) is 47.4 Å². The fraction of sp³-hybridized carbons (Fsp3) is 0.375. The van der Waals surface area contributed by atoms with Gasteiger partial charge in [0.2, 0.25) is 0 Å². The van der Waals surface area contributed by atoms with Crippen molar-refractivity contribution in [2.75, 3.05) is 19.7 Å². The number of ether oxygens (including phenoxy) is 1. The molecule has 196 valence electrons. The van der Waals surface area contributed by atoms with E-state index >= 15 is 0 Å². The second-order valence-electron chi connectivity index (χ2n) is 9.16. The van der Waals surface area contributed by atoms with E-state index in [4.69, 9.17) is 32.8 Å². The maximum absolute atomic E-state index is 14.8. The van der Waals surface area contributed by atoms with E-state index in [2.05, 4.69) is 10.5 Å². The Morgan fingerprint density at radius 1 is 1.30 bits per heavy atom. The number of Topliss-reactive ketones (excluding diaryl/α,β-unsaturated/α-hetero) is 1. The summed E-state index contributed by atoms with van der Waals surface area (Å²) in [5.74, 6) is -6.41. The van der Waals surface area contributed by atoms with Crippen LogP contribution in [0, 0.1) is 17.7 Å². The molecular formula is C24H18Cl2F4N2O5. The number of carbonyl (C=O) groups is 2. The number of hydrogen-bond acceptors (Lipinski definition) is 7. The van der Waals surface area contributed by atoms with E-state index in [-0.39, 0.29) is 34.8 Å². The van der Waals surface area contributed by atoms with Crippen LogP contribution in [0.25, 0.3) is 0 Å². The van der Waals surface area contributed by atoms with Crippen LogP contribution in [0.15, 0.2) is 29.4 Å². The maximum Gasteiger partial charge on any atom is 0.401 e. The number of ketones is 1. The van der Waals surface area contributed by atoms with Gasteiger partial charge < -0.3 is 20.0 Å². The quantitative estimate of drug-likeness (QED) is 0.241. The largest absolute Gasteiger partial charge is 0.448 e. The average Bonchev–Trinajstić information content (AvgIpc) is 3.39. The van der Waals surface area contributed by atoms with Crippen LogP contribution >= 0.6 is 23.2 Å². The Morgan fingerprint density at radius 2 is 2.00 bits per heavy atom. The highest BCUT2D eigenvalue weighted by Crippen LogP contribution is 2.49. The van der Waals surface area contributed by atoms with Gasteiger partial charge in [-0.05, 0) is 12.1 Å². The lowest BCUT2D eigenvalue weighted by Crippen LogP contribution is -2.57. The number of benzene rings is 2. The molecule has 13 heteroatoms. The molecule has 3 aliphatic rings. The lowest BCUT2D eigenvalue weighted by atomic mass is 9.78. The van der Waals surface area contributed by atoms with Crippen LogP contribution in [0.4, 0.5) is 17.6 Å². The predicted octanol–water partition coefficient (Wildman–Crippen LogP) is 4.57. The molecule has 0 aliphatic carbocycles. The Bertz CT molecular complexity index is 1360. The molecule has 0 aromatic heterocycles. The van der Waals surface area contributed by atoms with Crippen LogP contribution < -0.4 is 5.32 Å². The molecule has 1 fully saturated rings. The average molecular weight is 561 g/mol. The minimum Gasteiger partial charge on any atom is -0.448 e. The zero-order chi connectivity index (χ0) is 26.9. The Balaban J connectivity index is 1.70. The highest BCUT2D eigenvalue weighted by molar-refractivity contribution is 6.34. The third-order valence-electron chi connectivity index (χ3n) is 6.80. The summed E-state index contributed by atoms with van der Waals surface area (Å²) in [6.45, 7) is 1.28. The summed E-state index contributed by atoms with van der Waals surface area (Å²) >= 11 is 11.7. The number of halogens is 6. The van der Waals surface area contributed by atoms with E-state index in [1.54, 1.807) is 0 Å². The number of nitrogens with zero attached hydrogens (tertiary/aromatic N) is 1. The van der Waals surface area contributed by atoms with Crippen LogP contribution in [0.5, 0.6) is 0 Å². The molecule has 0 radical (unpaired) electrons. The monoisotopic (exact) mass is 560 g/mol. The van der Waals surface area contributed by atoms with Crippen molar-refractivity contribution in [2.24, 2.45) is 17.0 Å². The molecule has 1 saturated heterocycles. The van der Waals surface area contributed by atoms with E-state index in [0.717, 1.165) is 12.1 Å². The summed E-state index contributed by atoms with van der Waals surface area (Å²) in [4.78, 5) is 31.4. The highest BCUT2D eigenvalue weighted by Gasteiger charge is 2.57. The van der Waals surface area contributed by atoms with Gasteiger partial charge in [0, 0.05) is 46.3 Å². The second kappa shape index (κ2) is 8.93. The number of fused-ring (bicyclic) bond motifs is 2. The first-order valence-corrected chi connectivity index (χ1v) is 11.9. The first kappa shape index (κ1) is 25.9. The van der Waals surface area contributed by atoms with Crippen molar-refractivity contribution in [1.29, 1.82) is 0 Å². The molecule has 1 spiro atoms. The molecule has 0 amide bonds. The summed E-state index contributed by atoms with van der Waals surface area (Å²) in [6.07, 6.45) is -7.03. The minimum atomic E-state index is -5.03. The predicted molar refractivity (Wildman–Crippen MR) is 123 cm³/mol. The smallest absolute Gasteiger partial charge is 0.401 e. The van der Waals surface area contributed by atoms with Gasteiger partial charge in [0.25, 0.3) is 0 Å². The second-order valence-corrected chi connectivity index (χ2v) is 10.0. The zero-order valence-electron chi connectivity index (χ0n) is 19.0. The molecule has 3 unspecified atom stereocenters. The van der Waals surface area contributed by atoms with Crippen LogP contribution in [0.3, 0.4) is 0 Å². The summed E-state index contributed by atoms with van der Waals surface area (Å²) in [5.41, 5.74) is -2.88. The van der Waals surface area contributed by atoms with Crippen molar-refractivity contribution in [3.8, 4) is 0 Å². The Hall–Kier alpha value is -2.73. The van der Waals surface area contributed by atoms with Crippen molar-refractivity contribution in [3.05, 3.63) is 67.9 Å². The minimum absolute atomic E-state index is 0.119. The van der Waals surface area contributed by atoms with Gasteiger partial charge in [-0.25, -0.2) is 9.18 Å². The molecule has 2 N–H and O–H groups in total. The zero-order valence-corrected chi connectivity index (χ0v) is 20.5. The third-order valence-corrected chi connectivity index (χ3v) is 7.29. The van der Waals surface area contributed by atoms with Crippen molar-refractivity contribution < 1.29 is 41.8 Å². The summed E-state index contributed by atoms with van der Waals surface area (Å²) in [6, 6.07) is 4.64. The molecule has 0 saturated carbocycles. The van der Waals surface area contributed by atoms with E-state index in [0.29, 0.717) is 5.56 Å². The van der Waals surface area contributed by atoms with Crippen molar-refractivity contribution in [2.45, 2.75) is 24.8 Å². The van der Waals surface area contributed by atoms with Gasteiger partial charge in [-0.15, -0.1) is 0 Å². The number of oxime groups is 1. The fourth-order valence-electron chi connectivity index (χ4n) is 4.83. The molecule has 3 atom stereocenters. The molecule has 2 aromatic carbocycles. The van der Waals surface area contributed by atoms with E-state index in [1.165, 1.54) is 19.1 Å². The van der Waals surface area contributed by atoms with Crippen LogP contribution in [-0.2, 0) is 15.2 Å². The molecule has 5 rings (SSSR count). The van der Waals surface area contributed by atoms with E-state index in [9.17, 15) is 32.3 Å². The van der Waals surface area contributed by atoms with Gasteiger partial charge >= 0.3 is 12.1 Å². The van der Waals surface area contributed by atoms with E-state index < -0.39 is 70.2 Å². The molecule has 7 nitrogen and oxygen atoms in total. The third kappa shape index (κ3) is 3.99. The first-order chi connectivity index (χ1) is 17.4. The lowest BCUT2D eigenvalue weighted by molar-refractivity contribution is -0.178. The van der Waals surface area contributed by atoms with Gasteiger partial charge in [0.05, 0.1) is 17.2 Å². The maximum atomic E-state index is 14.8. The van der Waals surface area contributed by atoms with Crippen molar-refractivity contribution in [1.82, 2.24) is 5.32 Å². The van der Waals surface area contributed by atoms with Gasteiger partial charge in [-0.2, -0.15) is 13.2 Å². The Kier molecular flexibility index (Phi) is 6.25. The number of aliphatic hydroxyl groups excluding tert-OH is 1. The SMILES string of the molecule is CC(CO)C(=O)c1c(C2=NOC(c3cc(Cl)cc(Cl)c3F)C2C(F)(F)F)ccc2c1C(=O)OC21CNC1. The first-order valence-electron chi connectivity index (χ1n) is 11.1. The molecule has 37 heavy (non-hydrogen) atoms. The lowest BCUT2D eigenvalue weighted by Gasteiger charge is -2.38. The number of aliphatic hydroxyl groups is 1. The number of carbonyl (C=O) groups excluding carboxylic acids is 2. The number of alkyl halides is 3. The van der Waals surface area contributed by atoms with Crippen LogP contribution in [-0.4, -0.2) is 48.4 Å². The van der Waals surface area contributed by atoms with Crippen molar-refractivity contribution in [3.63, 3.8) is 0 Å². The number of hydrogen-bond donors (Lipinski definition) is 2. The Morgan fingerprint density at radius 3 is 2.59 bits per heavy atom. The van der Waals surface area contributed by atoms with Crippen LogP contribution in [0.2, 0.25) is 10.0 Å². The molecule has 3 heterocycles. The number of rotatable bonds is 5. The molecule has 3 aliphatic heterocycles. The normalized spacial score (nSPS) is 22.7. The topological polar surface area (TPSA) is 97.2 Å². The molecule has 2 aromatic rings. The fourth-order valence-corrected chi connectivity index (χ4v) is 5.34. The number of nitrogens with one attached hydrogen (secondary N) is 1. The van der Waals surface area contributed by atoms with Gasteiger partial charge in [-0.3, -0.25) is 4.79 Å².